The summed E-state index contributed by atoms with van der Waals surface area (Å²) in [5.74, 6) is 1.43. The summed E-state index contributed by atoms with van der Waals surface area (Å²) in [5, 5.41) is 0. The predicted octanol–water partition coefficient (Wildman–Crippen LogP) is 5.04. The Hall–Kier alpha value is -2.69. The molecular formula is C27H33N3O. The fraction of sp³-hybridized carbons (Fsp3) is 0.370. The Morgan fingerprint density at radius 2 is 1.77 bits per heavy atom. The molecule has 0 aliphatic carbocycles. The standard InChI is InChI=1S/C27H33N3O/c1-5-13-31-26-19-29(17-23-9-7-6-8-10-23)18-24(26)16-25-14-20(2)15-27(28-25)30-21(3)11-12-22(30)4/h5-12,14-15,24,26H,1,13,16-19H2,2-4H3/t24-,26+/m1/s1. The van der Waals surface area contributed by atoms with Crippen molar-refractivity contribution in [1.29, 1.82) is 0 Å². The number of pyridine rings is 1. The molecule has 1 aromatic carbocycles. The molecule has 0 radical (unpaired) electrons. The highest BCUT2D eigenvalue weighted by atomic mass is 16.5. The van der Waals surface area contributed by atoms with Crippen LogP contribution in [-0.4, -0.2) is 40.3 Å². The van der Waals surface area contributed by atoms with Gasteiger partial charge in [-0.1, -0.05) is 36.4 Å². The summed E-state index contributed by atoms with van der Waals surface area (Å²) < 4.78 is 8.42. The van der Waals surface area contributed by atoms with E-state index in [9.17, 15) is 0 Å². The zero-order chi connectivity index (χ0) is 21.8. The molecule has 0 spiro atoms. The summed E-state index contributed by atoms with van der Waals surface area (Å²) in [6.07, 6.45) is 2.96. The molecule has 3 aromatic rings. The Balaban J connectivity index is 1.54. The average Bonchev–Trinajstić information content (AvgIpc) is 3.28. The predicted molar refractivity (Wildman–Crippen MR) is 127 cm³/mol. The lowest BCUT2D eigenvalue weighted by atomic mass is 9.98. The fourth-order valence-electron chi connectivity index (χ4n) is 4.71. The molecule has 4 heteroatoms. The maximum Gasteiger partial charge on any atom is 0.137 e. The van der Waals surface area contributed by atoms with Crippen LogP contribution >= 0.6 is 0 Å². The molecular weight excluding hydrogens is 382 g/mol. The van der Waals surface area contributed by atoms with E-state index in [1.54, 1.807) is 0 Å². The van der Waals surface area contributed by atoms with Gasteiger partial charge in [0.15, 0.2) is 0 Å². The van der Waals surface area contributed by atoms with Crippen molar-refractivity contribution in [3.8, 4) is 5.82 Å². The number of nitrogens with zero attached hydrogens (tertiary/aromatic N) is 3. The van der Waals surface area contributed by atoms with Crippen LogP contribution in [0.25, 0.3) is 5.82 Å². The van der Waals surface area contributed by atoms with E-state index in [2.05, 4.69) is 91.4 Å². The Morgan fingerprint density at radius 3 is 2.48 bits per heavy atom. The first-order valence-electron chi connectivity index (χ1n) is 11.1. The van der Waals surface area contributed by atoms with Gasteiger partial charge in [0, 0.05) is 42.6 Å². The van der Waals surface area contributed by atoms with Gasteiger partial charge in [0.05, 0.1) is 12.7 Å². The van der Waals surface area contributed by atoms with E-state index in [1.807, 2.05) is 6.08 Å². The van der Waals surface area contributed by atoms with Gasteiger partial charge in [-0.2, -0.15) is 0 Å². The van der Waals surface area contributed by atoms with Crippen molar-refractivity contribution in [3.63, 3.8) is 0 Å². The summed E-state index contributed by atoms with van der Waals surface area (Å²) in [6.45, 7) is 13.8. The Labute approximate surface area is 186 Å². The molecule has 0 bridgehead atoms. The average molecular weight is 416 g/mol. The van der Waals surface area contributed by atoms with Gasteiger partial charge in [-0.25, -0.2) is 4.98 Å². The maximum atomic E-state index is 6.18. The van der Waals surface area contributed by atoms with Gasteiger partial charge < -0.3 is 9.30 Å². The highest BCUT2D eigenvalue weighted by molar-refractivity contribution is 5.36. The van der Waals surface area contributed by atoms with Crippen LogP contribution in [0.3, 0.4) is 0 Å². The van der Waals surface area contributed by atoms with E-state index in [0.717, 1.165) is 37.6 Å². The number of aromatic nitrogens is 2. The summed E-state index contributed by atoms with van der Waals surface area (Å²) in [7, 11) is 0. The molecule has 31 heavy (non-hydrogen) atoms. The Morgan fingerprint density at radius 1 is 1.03 bits per heavy atom. The van der Waals surface area contributed by atoms with Gasteiger partial charge in [0.25, 0.3) is 0 Å². The number of hydrogen-bond acceptors (Lipinski definition) is 3. The molecule has 0 N–H and O–H groups in total. The van der Waals surface area contributed by atoms with E-state index in [4.69, 9.17) is 9.72 Å². The SMILES string of the molecule is C=CCO[C@H]1CN(Cc2ccccc2)C[C@H]1Cc1cc(C)cc(-n2c(C)ccc2C)n1. The summed E-state index contributed by atoms with van der Waals surface area (Å²) in [5.41, 5.74) is 6.16. The molecule has 0 saturated carbocycles. The number of rotatable bonds is 8. The number of likely N-dealkylation sites (tertiary alicyclic amines) is 1. The number of hydrogen-bond donors (Lipinski definition) is 0. The van der Waals surface area contributed by atoms with Crippen LogP contribution in [0.4, 0.5) is 0 Å². The number of benzene rings is 1. The van der Waals surface area contributed by atoms with Gasteiger partial charge in [0.1, 0.15) is 5.82 Å². The third-order valence-corrected chi connectivity index (χ3v) is 6.11. The van der Waals surface area contributed by atoms with Gasteiger partial charge in [0.2, 0.25) is 0 Å². The molecule has 4 nitrogen and oxygen atoms in total. The second kappa shape index (κ2) is 9.63. The topological polar surface area (TPSA) is 30.3 Å². The van der Waals surface area contributed by atoms with Gasteiger partial charge >= 0.3 is 0 Å². The molecule has 0 unspecified atom stereocenters. The zero-order valence-corrected chi connectivity index (χ0v) is 18.9. The minimum absolute atomic E-state index is 0.197. The molecule has 2 atom stereocenters. The smallest absolute Gasteiger partial charge is 0.137 e. The van der Waals surface area contributed by atoms with Crippen LogP contribution in [0.5, 0.6) is 0 Å². The van der Waals surface area contributed by atoms with E-state index in [1.165, 1.54) is 22.5 Å². The lowest BCUT2D eigenvalue weighted by Gasteiger charge is -2.19. The Bertz CT molecular complexity index is 1000. The molecule has 1 fully saturated rings. The van der Waals surface area contributed by atoms with Crippen LogP contribution in [-0.2, 0) is 17.7 Å². The van der Waals surface area contributed by atoms with Crippen molar-refractivity contribution in [2.75, 3.05) is 19.7 Å². The second-order valence-electron chi connectivity index (χ2n) is 8.75. The van der Waals surface area contributed by atoms with Crippen molar-refractivity contribution < 1.29 is 4.74 Å². The molecule has 162 valence electrons. The summed E-state index contributed by atoms with van der Waals surface area (Å²) >= 11 is 0. The first-order chi connectivity index (χ1) is 15.0. The lowest BCUT2D eigenvalue weighted by Crippen LogP contribution is -2.25. The van der Waals surface area contributed by atoms with Crippen molar-refractivity contribution >= 4 is 0 Å². The highest BCUT2D eigenvalue weighted by Crippen LogP contribution is 2.26. The van der Waals surface area contributed by atoms with Crippen LogP contribution in [0.1, 0.15) is 28.2 Å². The van der Waals surface area contributed by atoms with Crippen LogP contribution in [0.15, 0.2) is 67.3 Å². The third kappa shape index (κ3) is 5.15. The van der Waals surface area contributed by atoms with Gasteiger partial charge in [-0.3, -0.25) is 4.90 Å². The molecule has 3 heterocycles. The molecule has 1 aliphatic heterocycles. The van der Waals surface area contributed by atoms with Crippen LogP contribution < -0.4 is 0 Å². The molecule has 1 saturated heterocycles. The maximum absolute atomic E-state index is 6.18. The minimum Gasteiger partial charge on any atom is -0.372 e. The molecule has 0 amide bonds. The fourth-order valence-corrected chi connectivity index (χ4v) is 4.71. The quantitative estimate of drug-likeness (QED) is 0.483. The highest BCUT2D eigenvalue weighted by Gasteiger charge is 2.33. The summed E-state index contributed by atoms with van der Waals surface area (Å²) in [6, 6.07) is 19.4. The van der Waals surface area contributed by atoms with Gasteiger partial charge in [-0.15, -0.1) is 6.58 Å². The lowest BCUT2D eigenvalue weighted by molar-refractivity contribution is 0.0527. The van der Waals surface area contributed by atoms with Crippen molar-refractivity contribution in [1.82, 2.24) is 14.5 Å². The molecule has 1 aliphatic rings. The first kappa shape index (κ1) is 21.5. The minimum atomic E-state index is 0.197. The number of aryl methyl sites for hydroxylation is 3. The van der Waals surface area contributed by atoms with Crippen LogP contribution in [0.2, 0.25) is 0 Å². The van der Waals surface area contributed by atoms with Crippen molar-refractivity contribution in [2.45, 2.75) is 39.8 Å². The normalized spacial score (nSPS) is 19.1. The summed E-state index contributed by atoms with van der Waals surface area (Å²) in [4.78, 5) is 7.56. The van der Waals surface area contributed by atoms with E-state index < -0.39 is 0 Å². The van der Waals surface area contributed by atoms with Crippen LogP contribution in [0, 0.1) is 26.7 Å². The van der Waals surface area contributed by atoms with E-state index in [-0.39, 0.29) is 6.10 Å². The largest absolute Gasteiger partial charge is 0.372 e. The van der Waals surface area contributed by atoms with Crippen molar-refractivity contribution in [2.24, 2.45) is 5.92 Å². The van der Waals surface area contributed by atoms with E-state index in [0.29, 0.717) is 12.5 Å². The van der Waals surface area contributed by atoms with Crippen molar-refractivity contribution in [3.05, 3.63) is 95.5 Å². The molecule has 2 aromatic heterocycles. The van der Waals surface area contributed by atoms with E-state index >= 15 is 0 Å². The zero-order valence-electron chi connectivity index (χ0n) is 18.9. The number of ether oxygens (including phenoxy) is 1. The molecule has 4 rings (SSSR count). The Kier molecular flexibility index (Phi) is 6.69. The van der Waals surface area contributed by atoms with Gasteiger partial charge in [-0.05, 0) is 62.6 Å². The second-order valence-corrected chi connectivity index (χ2v) is 8.75. The first-order valence-corrected chi connectivity index (χ1v) is 11.1. The monoisotopic (exact) mass is 415 g/mol. The third-order valence-electron chi connectivity index (χ3n) is 6.11.